The highest BCUT2D eigenvalue weighted by Gasteiger charge is 2.34. The quantitative estimate of drug-likeness (QED) is 0.552. The van der Waals surface area contributed by atoms with Crippen molar-refractivity contribution in [2.24, 2.45) is 0 Å². The molecule has 0 radical (unpaired) electrons. The van der Waals surface area contributed by atoms with E-state index in [0.717, 1.165) is 12.3 Å². The first-order valence-electron chi connectivity index (χ1n) is 10.6. The summed E-state index contributed by atoms with van der Waals surface area (Å²) < 4.78 is 49.9. The lowest BCUT2D eigenvalue weighted by atomic mass is 10.1. The van der Waals surface area contributed by atoms with Gasteiger partial charge in [-0.2, -0.15) is 13.2 Å². The van der Waals surface area contributed by atoms with Gasteiger partial charge in [0.15, 0.2) is 17.6 Å². The van der Waals surface area contributed by atoms with Gasteiger partial charge in [0, 0.05) is 38.3 Å². The van der Waals surface area contributed by atoms with Crippen molar-refractivity contribution in [1.29, 1.82) is 0 Å². The van der Waals surface area contributed by atoms with Crippen molar-refractivity contribution in [3.05, 3.63) is 83.7 Å². The standard InChI is InChI=1S/C25H23F3N2O4/c1-24(2)33-19-10-9-18(14-20(19)34-24)30(23(32)22(31)17-6-4-3-5-7-17)13-12-16-8-11-21(29-15-16)25(26,27)28/h3-11,14-15,22,31H,12-13H2,1-2H3. The Morgan fingerprint density at radius 3 is 2.41 bits per heavy atom. The predicted octanol–water partition coefficient (Wildman–Crippen LogP) is 4.92. The third-order valence-corrected chi connectivity index (χ3v) is 5.30. The second-order valence-electron chi connectivity index (χ2n) is 8.34. The zero-order valence-corrected chi connectivity index (χ0v) is 18.5. The number of amides is 1. The molecule has 1 amide bonds. The third-order valence-electron chi connectivity index (χ3n) is 5.30. The number of aromatic nitrogens is 1. The largest absolute Gasteiger partial charge is 0.449 e. The van der Waals surface area contributed by atoms with E-state index in [9.17, 15) is 23.1 Å². The van der Waals surface area contributed by atoms with E-state index < -0.39 is 29.7 Å². The lowest BCUT2D eigenvalue weighted by molar-refractivity contribution is -0.141. The molecule has 0 spiro atoms. The molecule has 9 heteroatoms. The molecule has 0 bridgehead atoms. The summed E-state index contributed by atoms with van der Waals surface area (Å²) in [6.45, 7) is 3.61. The van der Waals surface area contributed by atoms with E-state index in [0.29, 0.717) is 28.3 Å². The zero-order chi connectivity index (χ0) is 24.5. The van der Waals surface area contributed by atoms with Crippen LogP contribution in [0.25, 0.3) is 0 Å². The molecule has 0 fully saturated rings. The summed E-state index contributed by atoms with van der Waals surface area (Å²) in [5.74, 6) is -0.461. The molecule has 2 aromatic carbocycles. The molecular formula is C25H23F3N2O4. The monoisotopic (exact) mass is 472 g/mol. The number of benzene rings is 2. The minimum absolute atomic E-state index is 0.0960. The first-order chi connectivity index (χ1) is 16.0. The number of nitrogens with zero attached hydrogens (tertiary/aromatic N) is 2. The lowest BCUT2D eigenvalue weighted by Crippen LogP contribution is -2.37. The molecule has 6 nitrogen and oxygen atoms in total. The van der Waals surface area contributed by atoms with Crippen LogP contribution in [-0.2, 0) is 17.4 Å². The van der Waals surface area contributed by atoms with Gasteiger partial charge in [-0.25, -0.2) is 0 Å². The third kappa shape index (κ3) is 5.14. The molecule has 4 rings (SSSR count). The Bertz CT molecular complexity index is 1170. The normalized spacial score (nSPS) is 15.1. The van der Waals surface area contributed by atoms with Gasteiger partial charge < -0.3 is 19.5 Å². The van der Waals surface area contributed by atoms with Crippen LogP contribution in [0, 0.1) is 0 Å². The fourth-order valence-corrected chi connectivity index (χ4v) is 3.65. The summed E-state index contributed by atoms with van der Waals surface area (Å²) in [6, 6.07) is 15.7. The smallest absolute Gasteiger partial charge is 0.433 e. The zero-order valence-electron chi connectivity index (χ0n) is 18.5. The Hall–Kier alpha value is -3.59. The van der Waals surface area contributed by atoms with E-state index in [1.807, 2.05) is 0 Å². The van der Waals surface area contributed by atoms with Crippen LogP contribution in [0.1, 0.15) is 36.8 Å². The molecule has 2 heterocycles. The Morgan fingerprint density at radius 2 is 1.76 bits per heavy atom. The van der Waals surface area contributed by atoms with Crippen molar-refractivity contribution >= 4 is 11.6 Å². The van der Waals surface area contributed by atoms with Crippen LogP contribution in [-0.4, -0.2) is 28.3 Å². The van der Waals surface area contributed by atoms with Crippen molar-refractivity contribution in [3.8, 4) is 11.5 Å². The van der Waals surface area contributed by atoms with Gasteiger partial charge in [-0.05, 0) is 35.7 Å². The molecular weight excluding hydrogens is 449 g/mol. The van der Waals surface area contributed by atoms with E-state index in [4.69, 9.17) is 9.47 Å². The van der Waals surface area contributed by atoms with Crippen LogP contribution in [0.2, 0.25) is 0 Å². The topological polar surface area (TPSA) is 71.9 Å². The average Bonchev–Trinajstić information content (AvgIpc) is 3.12. The Labute approximate surface area is 194 Å². The summed E-state index contributed by atoms with van der Waals surface area (Å²) in [5, 5.41) is 10.7. The number of pyridine rings is 1. The number of carbonyl (C=O) groups excluding carboxylic acids is 1. The highest BCUT2D eigenvalue weighted by molar-refractivity contribution is 5.97. The molecule has 0 saturated carbocycles. The van der Waals surface area contributed by atoms with E-state index >= 15 is 0 Å². The SMILES string of the molecule is CC1(C)Oc2ccc(N(CCc3ccc(C(F)(F)F)nc3)C(=O)C(O)c3ccccc3)cc2O1. The van der Waals surface area contributed by atoms with Crippen molar-refractivity contribution in [3.63, 3.8) is 0 Å². The first kappa shape index (κ1) is 23.6. The fourth-order valence-electron chi connectivity index (χ4n) is 3.65. The molecule has 3 aromatic rings. The Balaban J connectivity index is 1.60. The molecule has 1 unspecified atom stereocenters. The number of aliphatic hydroxyl groups excluding tert-OH is 1. The maximum Gasteiger partial charge on any atom is 0.433 e. The summed E-state index contributed by atoms with van der Waals surface area (Å²) >= 11 is 0. The number of hydrogen-bond acceptors (Lipinski definition) is 5. The van der Waals surface area contributed by atoms with Crippen LogP contribution >= 0.6 is 0 Å². The number of fused-ring (bicyclic) bond motifs is 1. The van der Waals surface area contributed by atoms with Crippen LogP contribution in [0.3, 0.4) is 0 Å². The molecule has 34 heavy (non-hydrogen) atoms. The molecule has 0 saturated heterocycles. The molecule has 0 aliphatic carbocycles. The number of rotatable bonds is 6. The fraction of sp³-hybridized carbons (Fsp3) is 0.280. The van der Waals surface area contributed by atoms with Crippen LogP contribution in [0.15, 0.2) is 66.9 Å². The summed E-state index contributed by atoms with van der Waals surface area (Å²) in [5.41, 5.74) is 0.416. The molecule has 178 valence electrons. The van der Waals surface area contributed by atoms with Crippen molar-refractivity contribution in [2.45, 2.75) is 38.3 Å². The molecule has 1 aromatic heterocycles. The van der Waals surface area contributed by atoms with Gasteiger partial charge in [0.1, 0.15) is 5.69 Å². The predicted molar refractivity (Wildman–Crippen MR) is 118 cm³/mol. The minimum Gasteiger partial charge on any atom is -0.449 e. The molecule has 1 aliphatic heterocycles. The number of ether oxygens (including phenoxy) is 2. The van der Waals surface area contributed by atoms with E-state index in [-0.39, 0.29) is 13.0 Å². The maximum atomic E-state index is 13.3. The van der Waals surface area contributed by atoms with E-state index in [1.165, 1.54) is 11.0 Å². The average molecular weight is 472 g/mol. The summed E-state index contributed by atoms with van der Waals surface area (Å²) in [4.78, 5) is 18.2. The second kappa shape index (κ2) is 8.98. The van der Waals surface area contributed by atoms with Crippen molar-refractivity contribution < 1.29 is 32.5 Å². The second-order valence-corrected chi connectivity index (χ2v) is 8.34. The summed E-state index contributed by atoms with van der Waals surface area (Å²) in [7, 11) is 0. The van der Waals surface area contributed by atoms with Gasteiger partial charge in [-0.15, -0.1) is 0 Å². The van der Waals surface area contributed by atoms with Crippen LogP contribution < -0.4 is 14.4 Å². The van der Waals surface area contributed by atoms with Gasteiger partial charge >= 0.3 is 6.18 Å². The van der Waals surface area contributed by atoms with Gasteiger partial charge in [-0.1, -0.05) is 36.4 Å². The first-order valence-corrected chi connectivity index (χ1v) is 10.6. The van der Waals surface area contributed by atoms with Gasteiger partial charge in [0.05, 0.1) is 0 Å². The molecule has 1 atom stereocenters. The lowest BCUT2D eigenvalue weighted by Gasteiger charge is -2.26. The highest BCUT2D eigenvalue weighted by Crippen LogP contribution is 2.41. The number of anilines is 1. The van der Waals surface area contributed by atoms with Gasteiger partial charge in [0.2, 0.25) is 5.79 Å². The number of hydrogen-bond donors (Lipinski definition) is 1. The number of halogens is 3. The molecule has 1 N–H and O–H groups in total. The maximum absolute atomic E-state index is 13.3. The van der Waals surface area contributed by atoms with Crippen molar-refractivity contribution in [1.82, 2.24) is 4.98 Å². The van der Waals surface area contributed by atoms with Crippen LogP contribution in [0.4, 0.5) is 18.9 Å². The van der Waals surface area contributed by atoms with Gasteiger partial charge in [-0.3, -0.25) is 9.78 Å². The van der Waals surface area contributed by atoms with Gasteiger partial charge in [0.25, 0.3) is 5.91 Å². The Kier molecular flexibility index (Phi) is 6.22. The number of alkyl halides is 3. The van der Waals surface area contributed by atoms with Crippen LogP contribution in [0.5, 0.6) is 11.5 Å². The minimum atomic E-state index is -4.53. The molecule has 1 aliphatic rings. The van der Waals surface area contributed by atoms with Crippen molar-refractivity contribution in [2.75, 3.05) is 11.4 Å². The number of carbonyl (C=O) groups is 1. The summed E-state index contributed by atoms with van der Waals surface area (Å²) in [6.07, 6.45) is -4.59. The van der Waals surface area contributed by atoms with E-state index in [2.05, 4.69) is 4.98 Å². The highest BCUT2D eigenvalue weighted by atomic mass is 19.4. The number of aliphatic hydroxyl groups is 1. The Morgan fingerprint density at radius 1 is 1.06 bits per heavy atom. The van der Waals surface area contributed by atoms with E-state index in [1.54, 1.807) is 62.4 Å².